The van der Waals surface area contributed by atoms with Gasteiger partial charge in [0.1, 0.15) is 11.5 Å². The Bertz CT molecular complexity index is 2080. The number of aryl methyl sites for hydroxylation is 2. The van der Waals surface area contributed by atoms with Gasteiger partial charge >= 0.3 is 35.2 Å². The summed E-state index contributed by atoms with van der Waals surface area (Å²) in [7, 11) is -3.47. The number of benzene rings is 2. The number of aromatic nitrogens is 6. The number of halogens is 1. The molecular weight excluding hydrogens is 823 g/mol. The second-order valence-corrected chi connectivity index (χ2v) is 17.0. The van der Waals surface area contributed by atoms with E-state index in [-0.39, 0.29) is 70.7 Å². The van der Waals surface area contributed by atoms with Crippen LogP contribution in [0.1, 0.15) is 74.6 Å². The van der Waals surface area contributed by atoms with Crippen LogP contribution in [-0.4, -0.2) is 142 Å². The van der Waals surface area contributed by atoms with Crippen LogP contribution in [0.25, 0.3) is 22.8 Å². The summed E-state index contributed by atoms with van der Waals surface area (Å²) >= 11 is 4.64. The van der Waals surface area contributed by atoms with Gasteiger partial charge in [0.15, 0.2) is 11.6 Å². The van der Waals surface area contributed by atoms with Crippen molar-refractivity contribution in [2.45, 2.75) is 84.5 Å². The zero-order valence-electron chi connectivity index (χ0n) is 37.2. The van der Waals surface area contributed by atoms with Crippen molar-refractivity contribution in [3.8, 4) is 34.3 Å². The molecule has 6 rings (SSSR count). The predicted octanol–water partition coefficient (Wildman–Crippen LogP) is 2.44. The van der Waals surface area contributed by atoms with Crippen molar-refractivity contribution >= 4 is 21.4 Å². The third-order valence-corrected chi connectivity index (χ3v) is 11.2. The predicted molar refractivity (Wildman–Crippen MR) is 232 cm³/mol. The minimum Gasteiger partial charge on any atom is -0.870 e. The van der Waals surface area contributed by atoms with E-state index in [1.54, 1.807) is 10.6 Å². The quantitative estimate of drug-likeness (QED) is 0.100. The number of hydrogen-bond donors (Lipinski definition) is 3. The Balaban J connectivity index is 0.000000552. The Labute approximate surface area is 383 Å². The Hall–Kier alpha value is -2.84. The van der Waals surface area contributed by atoms with Crippen molar-refractivity contribution in [1.29, 1.82) is 0 Å². The van der Waals surface area contributed by atoms with Crippen molar-refractivity contribution in [3.63, 3.8) is 0 Å². The number of hydrogen-bond acceptors (Lipinski definition) is 13. The molecule has 2 saturated heterocycles. The number of rotatable bonds is 13. The second kappa shape index (κ2) is 25.9. The van der Waals surface area contributed by atoms with Crippen LogP contribution in [0, 0.1) is 21.3 Å². The number of aromatic amines is 1. The first-order valence-corrected chi connectivity index (χ1v) is 22.2. The topological polar surface area (TPSA) is 211 Å². The van der Waals surface area contributed by atoms with Gasteiger partial charge in [-0.05, 0) is 72.9 Å². The van der Waals surface area contributed by atoms with Crippen molar-refractivity contribution in [2.24, 2.45) is 0 Å². The summed E-state index contributed by atoms with van der Waals surface area (Å²) in [5, 5.41) is 35.3. The first-order chi connectivity index (χ1) is 27.1. The number of ether oxygens (including phenoxy) is 2. The van der Waals surface area contributed by atoms with Crippen LogP contribution in [0.3, 0.4) is 0 Å². The summed E-state index contributed by atoms with van der Waals surface area (Å²) in [6.07, 6.45) is 4.29. The fraction of sp³-hybridized carbons (Fsp3) is 0.585. The largest absolute Gasteiger partial charge is 1.00 e. The van der Waals surface area contributed by atoms with Crippen LogP contribution in [-0.2, 0) is 32.4 Å². The summed E-state index contributed by atoms with van der Waals surface area (Å²) in [4.78, 5) is 16.8. The molecule has 2 aromatic heterocycles. The second-order valence-electron chi connectivity index (χ2n) is 15.1. The molecule has 19 heteroatoms. The van der Waals surface area contributed by atoms with Crippen LogP contribution in [0.5, 0.6) is 11.5 Å². The van der Waals surface area contributed by atoms with Gasteiger partial charge in [-0.2, -0.15) is 5.10 Å². The van der Waals surface area contributed by atoms with E-state index in [2.05, 4.69) is 74.7 Å². The van der Waals surface area contributed by atoms with Gasteiger partial charge < -0.3 is 32.6 Å². The molecule has 2 aromatic carbocycles. The van der Waals surface area contributed by atoms with E-state index in [9.17, 15) is 23.4 Å². The van der Waals surface area contributed by atoms with E-state index in [0.29, 0.717) is 41.8 Å². The summed E-state index contributed by atoms with van der Waals surface area (Å²) in [5.74, 6) is 1.41. The maximum absolute atomic E-state index is 12.3. The number of morpholine rings is 2. The Morgan fingerprint density at radius 1 is 0.733 bits per heavy atom. The number of nitrogens with zero attached hydrogens (tertiary/aromatic N) is 7. The third kappa shape index (κ3) is 14.6. The molecular formula is C41H65ClN8NaO8S-. The molecule has 16 nitrogen and oxygen atoms in total. The number of aromatic hydroxyl groups is 2. The van der Waals surface area contributed by atoms with E-state index >= 15 is 0 Å². The van der Waals surface area contributed by atoms with Gasteiger partial charge in [-0.25, -0.2) is 18.3 Å². The van der Waals surface area contributed by atoms with Crippen molar-refractivity contribution < 1.29 is 63.1 Å². The van der Waals surface area contributed by atoms with E-state index in [4.69, 9.17) is 9.47 Å². The van der Waals surface area contributed by atoms with Crippen LogP contribution in [0.2, 0.25) is 0 Å². The van der Waals surface area contributed by atoms with E-state index in [0.717, 1.165) is 89.7 Å². The van der Waals surface area contributed by atoms with Gasteiger partial charge in [0.25, 0.3) is 0 Å². The van der Waals surface area contributed by atoms with Crippen LogP contribution >= 0.6 is 11.6 Å². The average Bonchev–Trinajstić information content (AvgIpc) is 3.76. The molecule has 2 aliphatic rings. The molecule has 0 atom stereocenters. The summed E-state index contributed by atoms with van der Waals surface area (Å²) in [6.45, 7) is 21.9. The molecule has 4 heterocycles. The van der Waals surface area contributed by atoms with Gasteiger partial charge in [-0.15, -0.1) is 21.8 Å². The molecule has 0 amide bonds. The number of phenolic OH excluding ortho intramolecular Hbond substituents is 2. The fourth-order valence-corrected chi connectivity index (χ4v) is 7.98. The monoisotopic (exact) mass is 887 g/mol. The van der Waals surface area contributed by atoms with Crippen LogP contribution in [0.4, 0.5) is 0 Å². The molecule has 4 aromatic rings. The first kappa shape index (κ1) is 55.2. The van der Waals surface area contributed by atoms with E-state index in [1.807, 2.05) is 20.8 Å². The normalized spacial score (nSPS) is 14.6. The van der Waals surface area contributed by atoms with Crippen molar-refractivity contribution in [3.05, 3.63) is 64.4 Å². The number of phenols is 2. The maximum Gasteiger partial charge on any atom is 1.00 e. The van der Waals surface area contributed by atoms with Crippen molar-refractivity contribution in [1.82, 2.24) is 39.3 Å². The zero-order valence-corrected chi connectivity index (χ0v) is 40.7. The van der Waals surface area contributed by atoms with Crippen LogP contribution in [0.15, 0.2) is 34.2 Å². The van der Waals surface area contributed by atoms with Gasteiger partial charge in [0.05, 0.1) is 32.0 Å². The molecule has 60 heavy (non-hydrogen) atoms. The molecule has 0 unspecified atom stereocenters. The van der Waals surface area contributed by atoms with Crippen molar-refractivity contribution in [2.75, 3.05) is 78.3 Å². The van der Waals surface area contributed by atoms with Gasteiger partial charge in [-0.3, -0.25) is 18.9 Å². The number of nitrogens with one attached hydrogen (secondary N) is 1. The summed E-state index contributed by atoms with van der Waals surface area (Å²) in [6, 6.07) is 7.30. The van der Waals surface area contributed by atoms with Gasteiger partial charge in [-0.1, -0.05) is 33.8 Å². The number of alkyl halides is 1. The minimum atomic E-state index is -3.47. The fourth-order valence-electron chi connectivity index (χ4n) is 7.22. The Morgan fingerprint density at radius 2 is 1.23 bits per heavy atom. The first-order valence-electron chi connectivity index (χ1n) is 19.6. The Morgan fingerprint density at radius 3 is 1.73 bits per heavy atom. The molecule has 4 N–H and O–H groups in total. The average molecular weight is 889 g/mol. The molecule has 0 radical (unpaired) electrons. The minimum absolute atomic E-state index is 0. The van der Waals surface area contributed by atoms with Crippen LogP contribution < -0.4 is 35.2 Å². The molecule has 332 valence electrons. The standard InChI is InChI=1S/C21H32N4O3S.C18H26N4O4.CH3Cl.CH3.Na.H2O/c1-15(2)18-14-19(17(4)13-16(18)3)20-22-23-21(29(5,26)27)25(20)8-6-7-24-9-11-28-12-10-24;1-12(2)13-10-14(16(24)11-15(13)23)17-19-20-18(25)22(17)5-3-4-21-6-8-26-9-7-21;1-2;;;/h13-15H,6-12H2,1-5H3;10-12,23-24H,3-9H2,1-2H3,(H,20,25);1H3;1H3;;1H2/q;;;-1;+1;/p-1. The summed E-state index contributed by atoms with van der Waals surface area (Å²) < 4.78 is 38.7. The maximum atomic E-state index is 12.3. The number of H-pyrrole nitrogens is 1. The van der Waals surface area contributed by atoms with Gasteiger partial charge in [0.2, 0.25) is 15.0 Å². The molecule has 0 saturated carbocycles. The third-order valence-electron chi connectivity index (χ3n) is 10.2. The molecule has 2 aliphatic heterocycles. The van der Waals surface area contributed by atoms with E-state index in [1.165, 1.54) is 34.4 Å². The number of sulfone groups is 1. The summed E-state index contributed by atoms with van der Waals surface area (Å²) in [5.41, 5.74) is 5.35. The smallest absolute Gasteiger partial charge is 0.870 e. The zero-order chi connectivity index (χ0) is 41.9. The Kier molecular flexibility index (Phi) is 23.9. The SMILES string of the molecule is CC(C)c1cc(-c2n[nH]c(=O)n2CCCN2CCOCC2)c(O)cc1O.CCl.Cc1cc(C)c(C(C)C)cc1-c1nnc(S(C)(=O)=O)n1CCCN1CCOCC1.[CH3-].[Na+].[OH-]. The molecule has 0 aliphatic carbocycles. The van der Waals surface area contributed by atoms with Gasteiger partial charge in [0, 0.05) is 76.6 Å². The molecule has 2 fully saturated rings. The molecule has 0 bridgehead atoms. The molecule has 0 spiro atoms. The van der Waals surface area contributed by atoms with E-state index < -0.39 is 9.84 Å².